The van der Waals surface area contributed by atoms with Gasteiger partial charge in [0.1, 0.15) is 5.83 Å². The molecule has 0 saturated carbocycles. The van der Waals surface area contributed by atoms with Crippen molar-refractivity contribution in [3.8, 4) is 0 Å². The molecule has 1 nitrogen and oxygen atoms in total. The molecule has 0 saturated heterocycles. The molecule has 0 amide bonds. The molecule has 2 heteroatoms. The topological polar surface area (TPSA) is 26.0 Å². The fourth-order valence-corrected chi connectivity index (χ4v) is 0.763. The van der Waals surface area contributed by atoms with Gasteiger partial charge >= 0.3 is 0 Å². The van der Waals surface area contributed by atoms with E-state index in [4.69, 9.17) is 5.73 Å². The van der Waals surface area contributed by atoms with E-state index in [0.717, 1.165) is 0 Å². The molecule has 0 heterocycles. The third-order valence-electron chi connectivity index (χ3n) is 1.52. The van der Waals surface area contributed by atoms with Crippen LogP contribution in [-0.4, -0.2) is 6.04 Å². The second kappa shape index (κ2) is 2.31. The zero-order chi connectivity index (χ0) is 6.85. The SMILES string of the molecule is CC1C=CC(F)=CC1N. The van der Waals surface area contributed by atoms with E-state index in [9.17, 15) is 4.39 Å². The third kappa shape index (κ3) is 1.39. The molecule has 50 valence electrons. The van der Waals surface area contributed by atoms with Crippen molar-refractivity contribution in [3.63, 3.8) is 0 Å². The number of nitrogens with two attached hydrogens (primary N) is 1. The Morgan fingerprint density at radius 1 is 1.67 bits per heavy atom. The number of allylic oxidation sites excluding steroid dienone is 2. The summed E-state index contributed by atoms with van der Waals surface area (Å²) >= 11 is 0. The van der Waals surface area contributed by atoms with E-state index in [1.165, 1.54) is 12.2 Å². The first-order chi connectivity index (χ1) is 4.20. The van der Waals surface area contributed by atoms with Crippen molar-refractivity contribution in [2.45, 2.75) is 13.0 Å². The molecule has 0 spiro atoms. The Hall–Kier alpha value is -0.630. The summed E-state index contributed by atoms with van der Waals surface area (Å²) in [5.74, 6) is 0.0464. The van der Waals surface area contributed by atoms with E-state index < -0.39 is 0 Å². The third-order valence-corrected chi connectivity index (χ3v) is 1.52. The highest BCUT2D eigenvalue weighted by Crippen LogP contribution is 2.14. The van der Waals surface area contributed by atoms with Gasteiger partial charge in [-0.25, -0.2) is 4.39 Å². The van der Waals surface area contributed by atoms with E-state index in [1.807, 2.05) is 6.92 Å². The molecular weight excluding hydrogens is 117 g/mol. The van der Waals surface area contributed by atoms with Crippen molar-refractivity contribution in [1.29, 1.82) is 0 Å². The van der Waals surface area contributed by atoms with Gasteiger partial charge in [0.2, 0.25) is 0 Å². The standard InChI is InChI=1S/C7H10FN/c1-5-2-3-6(8)4-7(5)9/h2-5,7H,9H2,1H3. The van der Waals surface area contributed by atoms with Crippen molar-refractivity contribution in [2.75, 3.05) is 0 Å². The zero-order valence-corrected chi connectivity index (χ0v) is 5.34. The van der Waals surface area contributed by atoms with Gasteiger partial charge in [-0.15, -0.1) is 0 Å². The van der Waals surface area contributed by atoms with E-state index >= 15 is 0 Å². The van der Waals surface area contributed by atoms with Gasteiger partial charge in [-0.2, -0.15) is 0 Å². The van der Waals surface area contributed by atoms with Gasteiger partial charge in [0.15, 0.2) is 0 Å². The quantitative estimate of drug-likeness (QED) is 0.522. The predicted octanol–water partition coefficient (Wildman–Crippen LogP) is 1.37. The van der Waals surface area contributed by atoms with E-state index in [0.29, 0.717) is 0 Å². The van der Waals surface area contributed by atoms with Crippen molar-refractivity contribution >= 4 is 0 Å². The summed E-state index contributed by atoms with van der Waals surface area (Å²) in [5, 5.41) is 0. The Morgan fingerprint density at radius 3 is 2.78 bits per heavy atom. The highest BCUT2D eigenvalue weighted by molar-refractivity contribution is 5.21. The van der Waals surface area contributed by atoms with Crippen LogP contribution in [0.3, 0.4) is 0 Å². The average molecular weight is 127 g/mol. The van der Waals surface area contributed by atoms with E-state index in [2.05, 4.69) is 0 Å². The maximum atomic E-state index is 12.3. The minimum Gasteiger partial charge on any atom is -0.324 e. The largest absolute Gasteiger partial charge is 0.324 e. The summed E-state index contributed by atoms with van der Waals surface area (Å²) in [7, 11) is 0. The monoisotopic (exact) mass is 127 g/mol. The molecule has 2 N–H and O–H groups in total. The highest BCUT2D eigenvalue weighted by atomic mass is 19.1. The van der Waals surface area contributed by atoms with Gasteiger partial charge in [-0.1, -0.05) is 13.0 Å². The molecule has 0 fully saturated rings. The van der Waals surface area contributed by atoms with Crippen LogP contribution >= 0.6 is 0 Å². The molecule has 0 aromatic heterocycles. The Labute approximate surface area is 54.0 Å². The summed E-state index contributed by atoms with van der Waals surface area (Å²) in [6.07, 6.45) is 4.67. The Morgan fingerprint density at radius 2 is 2.33 bits per heavy atom. The first kappa shape index (κ1) is 6.49. The number of hydrogen-bond donors (Lipinski definition) is 1. The van der Waals surface area contributed by atoms with Gasteiger partial charge in [0.05, 0.1) is 0 Å². The Balaban J connectivity index is 2.70. The smallest absolute Gasteiger partial charge is 0.120 e. The van der Waals surface area contributed by atoms with Crippen LogP contribution in [0, 0.1) is 5.92 Å². The van der Waals surface area contributed by atoms with Crippen molar-refractivity contribution in [2.24, 2.45) is 11.7 Å². The maximum Gasteiger partial charge on any atom is 0.120 e. The summed E-state index contributed by atoms with van der Waals surface area (Å²) in [4.78, 5) is 0. The summed E-state index contributed by atoms with van der Waals surface area (Å²) < 4.78 is 12.3. The number of halogens is 1. The van der Waals surface area contributed by atoms with Gasteiger partial charge in [0, 0.05) is 6.04 Å². The van der Waals surface area contributed by atoms with Crippen molar-refractivity contribution in [1.82, 2.24) is 0 Å². The molecule has 1 aliphatic carbocycles. The van der Waals surface area contributed by atoms with Gasteiger partial charge in [-0.05, 0) is 18.1 Å². The van der Waals surface area contributed by atoms with Crippen LogP contribution in [0.25, 0.3) is 0 Å². The Kier molecular flexibility index (Phi) is 1.67. The molecule has 0 aromatic carbocycles. The maximum absolute atomic E-state index is 12.3. The molecule has 0 bridgehead atoms. The molecule has 2 atom stereocenters. The lowest BCUT2D eigenvalue weighted by Gasteiger charge is -2.15. The van der Waals surface area contributed by atoms with E-state index in [-0.39, 0.29) is 17.8 Å². The van der Waals surface area contributed by atoms with E-state index in [1.54, 1.807) is 6.08 Å². The molecule has 0 aromatic rings. The molecule has 1 aliphatic rings. The van der Waals surface area contributed by atoms with Crippen LogP contribution in [-0.2, 0) is 0 Å². The van der Waals surface area contributed by atoms with Gasteiger partial charge < -0.3 is 5.73 Å². The first-order valence-corrected chi connectivity index (χ1v) is 3.01. The molecule has 0 aliphatic heterocycles. The minimum atomic E-state index is -0.222. The lowest BCUT2D eigenvalue weighted by molar-refractivity contribution is 0.575. The van der Waals surface area contributed by atoms with Crippen LogP contribution < -0.4 is 5.73 Å². The highest BCUT2D eigenvalue weighted by Gasteiger charge is 2.11. The van der Waals surface area contributed by atoms with Crippen LogP contribution in [0.1, 0.15) is 6.92 Å². The first-order valence-electron chi connectivity index (χ1n) is 3.01. The molecule has 9 heavy (non-hydrogen) atoms. The van der Waals surface area contributed by atoms with Gasteiger partial charge in [0.25, 0.3) is 0 Å². The summed E-state index contributed by atoms with van der Waals surface area (Å²) in [6, 6.07) is -0.144. The lowest BCUT2D eigenvalue weighted by atomic mass is 9.98. The van der Waals surface area contributed by atoms with Crippen LogP contribution in [0.5, 0.6) is 0 Å². The summed E-state index contributed by atoms with van der Waals surface area (Å²) in [6.45, 7) is 1.96. The van der Waals surface area contributed by atoms with Crippen LogP contribution in [0.15, 0.2) is 24.1 Å². The van der Waals surface area contributed by atoms with Crippen LogP contribution in [0.2, 0.25) is 0 Å². The average Bonchev–Trinajstić information content (AvgIpc) is 1.80. The number of rotatable bonds is 0. The zero-order valence-electron chi connectivity index (χ0n) is 5.34. The molecule has 2 unspecified atom stereocenters. The Bertz CT molecular complexity index is 160. The normalized spacial score (nSPS) is 34.3. The fraction of sp³-hybridized carbons (Fsp3) is 0.429. The molecular formula is C7H10FN. The van der Waals surface area contributed by atoms with Crippen molar-refractivity contribution in [3.05, 3.63) is 24.1 Å². The second-order valence-electron chi connectivity index (χ2n) is 2.35. The number of hydrogen-bond acceptors (Lipinski definition) is 1. The van der Waals surface area contributed by atoms with Gasteiger partial charge in [-0.3, -0.25) is 0 Å². The van der Waals surface area contributed by atoms with Crippen molar-refractivity contribution < 1.29 is 4.39 Å². The second-order valence-corrected chi connectivity index (χ2v) is 2.35. The molecule has 1 rings (SSSR count). The predicted molar refractivity (Wildman–Crippen MR) is 35.5 cm³/mol. The lowest BCUT2D eigenvalue weighted by Crippen LogP contribution is -2.26. The summed E-state index contributed by atoms with van der Waals surface area (Å²) in [5.41, 5.74) is 5.50. The fourth-order valence-electron chi connectivity index (χ4n) is 0.763. The van der Waals surface area contributed by atoms with Crippen LogP contribution in [0.4, 0.5) is 4.39 Å². The minimum absolute atomic E-state index is 0.144. The molecule has 0 radical (unpaired) electrons.